The minimum atomic E-state index is 0.237. The SMILES string of the molecule is OC(=CCCl)c1ccccc1. The van der Waals surface area contributed by atoms with Crippen LogP contribution in [0.4, 0.5) is 0 Å². The van der Waals surface area contributed by atoms with Crippen molar-refractivity contribution in [2.24, 2.45) is 0 Å². The van der Waals surface area contributed by atoms with Gasteiger partial charge in [0.05, 0.1) is 0 Å². The van der Waals surface area contributed by atoms with Gasteiger partial charge in [0.2, 0.25) is 0 Å². The first-order valence-corrected chi connectivity index (χ1v) is 3.88. The number of hydrogen-bond acceptors (Lipinski definition) is 1. The van der Waals surface area contributed by atoms with E-state index in [1.807, 2.05) is 30.3 Å². The highest BCUT2D eigenvalue weighted by Gasteiger charge is 1.93. The third kappa shape index (κ3) is 2.28. The van der Waals surface area contributed by atoms with Crippen molar-refractivity contribution in [1.82, 2.24) is 0 Å². The van der Waals surface area contributed by atoms with E-state index in [2.05, 4.69) is 0 Å². The quantitative estimate of drug-likeness (QED) is 0.532. The van der Waals surface area contributed by atoms with Gasteiger partial charge in [-0.1, -0.05) is 30.3 Å². The first-order valence-electron chi connectivity index (χ1n) is 3.35. The Balaban J connectivity index is 2.85. The summed E-state index contributed by atoms with van der Waals surface area (Å²) in [7, 11) is 0. The van der Waals surface area contributed by atoms with Crippen molar-refractivity contribution < 1.29 is 5.11 Å². The number of rotatable bonds is 2. The molecule has 58 valence electrons. The highest BCUT2D eigenvalue weighted by molar-refractivity contribution is 6.19. The Labute approximate surface area is 70.9 Å². The molecule has 1 rings (SSSR count). The second-order valence-corrected chi connectivity index (χ2v) is 2.42. The molecular weight excluding hydrogens is 160 g/mol. The predicted molar refractivity (Wildman–Crippen MR) is 47.8 cm³/mol. The van der Waals surface area contributed by atoms with Gasteiger partial charge in [0, 0.05) is 11.4 Å². The van der Waals surface area contributed by atoms with Crippen molar-refractivity contribution >= 4 is 17.4 Å². The molecule has 1 aromatic carbocycles. The van der Waals surface area contributed by atoms with Crippen LogP contribution in [0.3, 0.4) is 0 Å². The molecular formula is C9H9ClO. The number of hydrogen-bond donors (Lipinski definition) is 1. The van der Waals surface area contributed by atoms with Gasteiger partial charge in [-0.15, -0.1) is 11.6 Å². The van der Waals surface area contributed by atoms with E-state index in [0.717, 1.165) is 5.56 Å². The Kier molecular flexibility index (Phi) is 2.99. The first-order chi connectivity index (χ1) is 5.34. The van der Waals surface area contributed by atoms with E-state index in [1.54, 1.807) is 6.08 Å². The second-order valence-electron chi connectivity index (χ2n) is 2.11. The highest BCUT2D eigenvalue weighted by atomic mass is 35.5. The lowest BCUT2D eigenvalue weighted by Crippen LogP contribution is -1.81. The number of benzene rings is 1. The number of halogens is 1. The van der Waals surface area contributed by atoms with Crippen LogP contribution in [0.5, 0.6) is 0 Å². The van der Waals surface area contributed by atoms with Crippen LogP contribution < -0.4 is 0 Å². The third-order valence-electron chi connectivity index (χ3n) is 1.34. The van der Waals surface area contributed by atoms with E-state index in [9.17, 15) is 5.11 Å². The average molecular weight is 169 g/mol. The molecule has 11 heavy (non-hydrogen) atoms. The molecule has 0 amide bonds. The van der Waals surface area contributed by atoms with Gasteiger partial charge < -0.3 is 5.11 Å². The van der Waals surface area contributed by atoms with Crippen LogP contribution in [0, 0.1) is 0 Å². The summed E-state index contributed by atoms with van der Waals surface area (Å²) in [5.74, 6) is 0.571. The molecule has 0 aliphatic carbocycles. The van der Waals surface area contributed by atoms with Gasteiger partial charge in [-0.3, -0.25) is 0 Å². The molecule has 1 nitrogen and oxygen atoms in total. The van der Waals surface area contributed by atoms with Gasteiger partial charge >= 0.3 is 0 Å². The van der Waals surface area contributed by atoms with E-state index in [4.69, 9.17) is 11.6 Å². The van der Waals surface area contributed by atoms with Crippen molar-refractivity contribution in [3.63, 3.8) is 0 Å². The summed E-state index contributed by atoms with van der Waals surface area (Å²) in [6.07, 6.45) is 1.57. The maximum absolute atomic E-state index is 9.30. The van der Waals surface area contributed by atoms with Crippen molar-refractivity contribution in [3.05, 3.63) is 42.0 Å². The summed E-state index contributed by atoms with van der Waals surface area (Å²) in [6, 6.07) is 9.30. The van der Waals surface area contributed by atoms with E-state index in [-0.39, 0.29) is 5.76 Å². The lowest BCUT2D eigenvalue weighted by atomic mass is 10.2. The topological polar surface area (TPSA) is 20.2 Å². The molecule has 0 unspecified atom stereocenters. The predicted octanol–water partition coefficient (Wildman–Crippen LogP) is 2.82. The molecule has 0 saturated carbocycles. The summed E-state index contributed by atoms with van der Waals surface area (Å²) in [6.45, 7) is 0. The van der Waals surface area contributed by atoms with Crippen molar-refractivity contribution in [2.75, 3.05) is 5.88 Å². The number of aliphatic hydroxyl groups is 1. The Hall–Kier alpha value is -0.950. The third-order valence-corrected chi connectivity index (χ3v) is 1.49. The smallest absolute Gasteiger partial charge is 0.120 e. The lowest BCUT2D eigenvalue weighted by molar-refractivity contribution is 0.511. The second kappa shape index (κ2) is 4.04. The highest BCUT2D eigenvalue weighted by Crippen LogP contribution is 2.09. The minimum Gasteiger partial charge on any atom is -0.508 e. The molecule has 2 heteroatoms. The normalized spacial score (nSPS) is 11.5. The van der Waals surface area contributed by atoms with E-state index >= 15 is 0 Å². The molecule has 1 aromatic rings. The molecule has 0 bridgehead atoms. The van der Waals surface area contributed by atoms with Gasteiger partial charge in [0.1, 0.15) is 5.76 Å². The van der Waals surface area contributed by atoms with Crippen LogP contribution in [-0.4, -0.2) is 11.0 Å². The molecule has 1 N–H and O–H groups in total. The molecule has 0 aromatic heterocycles. The number of allylic oxidation sites excluding steroid dienone is 1. The first kappa shape index (κ1) is 8.15. The largest absolute Gasteiger partial charge is 0.508 e. The van der Waals surface area contributed by atoms with Crippen molar-refractivity contribution in [2.45, 2.75) is 0 Å². The van der Waals surface area contributed by atoms with Crippen LogP contribution in [0.1, 0.15) is 5.56 Å². The van der Waals surface area contributed by atoms with Crippen molar-refractivity contribution in [3.8, 4) is 0 Å². The zero-order valence-electron chi connectivity index (χ0n) is 6.00. The average Bonchev–Trinajstić information content (AvgIpc) is 2.07. The number of aliphatic hydroxyl groups excluding tert-OH is 1. The van der Waals surface area contributed by atoms with Gasteiger partial charge in [0.25, 0.3) is 0 Å². The Bertz CT molecular complexity index is 241. The molecule has 0 fully saturated rings. The van der Waals surface area contributed by atoms with Crippen LogP contribution in [0.2, 0.25) is 0 Å². The lowest BCUT2D eigenvalue weighted by Gasteiger charge is -1.96. The summed E-state index contributed by atoms with van der Waals surface area (Å²) in [4.78, 5) is 0. The fraction of sp³-hybridized carbons (Fsp3) is 0.111. The monoisotopic (exact) mass is 168 g/mol. The van der Waals surface area contributed by atoms with Crippen LogP contribution in [-0.2, 0) is 0 Å². The van der Waals surface area contributed by atoms with Gasteiger partial charge in [-0.05, 0) is 6.08 Å². The van der Waals surface area contributed by atoms with Crippen LogP contribution in [0.25, 0.3) is 5.76 Å². The molecule has 0 aliphatic heterocycles. The molecule has 0 atom stereocenters. The molecule has 0 aliphatic rings. The summed E-state index contributed by atoms with van der Waals surface area (Å²) >= 11 is 5.41. The Morgan fingerprint density at radius 1 is 1.36 bits per heavy atom. The van der Waals surface area contributed by atoms with Gasteiger partial charge in [-0.25, -0.2) is 0 Å². The zero-order valence-corrected chi connectivity index (χ0v) is 6.75. The van der Waals surface area contributed by atoms with Crippen molar-refractivity contribution in [1.29, 1.82) is 0 Å². The fourth-order valence-electron chi connectivity index (χ4n) is 0.800. The molecule has 0 spiro atoms. The summed E-state index contributed by atoms with van der Waals surface area (Å²) in [5, 5.41) is 9.30. The Morgan fingerprint density at radius 3 is 2.55 bits per heavy atom. The Morgan fingerprint density at radius 2 is 2.00 bits per heavy atom. The van der Waals surface area contributed by atoms with E-state index in [0.29, 0.717) is 5.88 Å². The molecule has 0 heterocycles. The zero-order chi connectivity index (χ0) is 8.10. The van der Waals surface area contributed by atoms with Gasteiger partial charge in [0.15, 0.2) is 0 Å². The van der Waals surface area contributed by atoms with Crippen LogP contribution >= 0.6 is 11.6 Å². The van der Waals surface area contributed by atoms with E-state index < -0.39 is 0 Å². The van der Waals surface area contributed by atoms with Gasteiger partial charge in [-0.2, -0.15) is 0 Å². The molecule has 0 saturated heterocycles. The summed E-state index contributed by atoms with van der Waals surface area (Å²) in [5.41, 5.74) is 0.799. The molecule has 0 radical (unpaired) electrons. The fourth-order valence-corrected chi connectivity index (χ4v) is 0.946. The minimum absolute atomic E-state index is 0.237. The maximum Gasteiger partial charge on any atom is 0.120 e. The number of alkyl halides is 1. The van der Waals surface area contributed by atoms with E-state index in [1.165, 1.54) is 0 Å². The van der Waals surface area contributed by atoms with Crippen LogP contribution in [0.15, 0.2) is 36.4 Å². The standard InChI is InChI=1S/C9H9ClO/c10-7-6-9(11)8-4-2-1-3-5-8/h1-6,11H,7H2. The summed E-state index contributed by atoms with van der Waals surface area (Å²) < 4.78 is 0. The maximum atomic E-state index is 9.30.